The third-order valence-electron chi connectivity index (χ3n) is 5.40. The van der Waals surface area contributed by atoms with Crippen molar-refractivity contribution < 1.29 is 9.59 Å². The molecule has 4 rings (SSSR count). The van der Waals surface area contributed by atoms with Gasteiger partial charge < -0.3 is 14.6 Å². The number of nitrogens with one attached hydrogen (secondary N) is 1. The summed E-state index contributed by atoms with van der Waals surface area (Å²) in [5, 5.41) is 2.85. The van der Waals surface area contributed by atoms with Crippen LogP contribution in [0.4, 0.5) is 0 Å². The van der Waals surface area contributed by atoms with Gasteiger partial charge in [-0.3, -0.25) is 9.59 Å². The van der Waals surface area contributed by atoms with Gasteiger partial charge in [0, 0.05) is 37.7 Å². The summed E-state index contributed by atoms with van der Waals surface area (Å²) in [7, 11) is 0. The van der Waals surface area contributed by atoms with Crippen LogP contribution in [0, 0.1) is 0 Å². The number of carbonyl (C=O) groups is 2. The summed E-state index contributed by atoms with van der Waals surface area (Å²) in [6.45, 7) is 3.24. The third kappa shape index (κ3) is 3.20. The van der Waals surface area contributed by atoms with Crippen LogP contribution in [-0.4, -0.2) is 45.2 Å². The molecular formula is C20H26N4O2. The van der Waals surface area contributed by atoms with Gasteiger partial charge >= 0.3 is 0 Å². The Bertz CT molecular complexity index is 824. The summed E-state index contributed by atoms with van der Waals surface area (Å²) in [5.74, 6) is 1.46. The average molecular weight is 354 g/mol. The van der Waals surface area contributed by atoms with Crippen LogP contribution in [0.2, 0.25) is 0 Å². The Balaban J connectivity index is 1.63. The van der Waals surface area contributed by atoms with Crippen LogP contribution in [-0.2, 0) is 4.79 Å². The molecule has 1 aliphatic carbocycles. The van der Waals surface area contributed by atoms with E-state index in [1.54, 1.807) is 0 Å². The van der Waals surface area contributed by atoms with Crippen LogP contribution in [0.15, 0.2) is 24.4 Å². The topological polar surface area (TPSA) is 66.7 Å². The van der Waals surface area contributed by atoms with Crippen molar-refractivity contribution in [3.8, 4) is 0 Å². The van der Waals surface area contributed by atoms with Gasteiger partial charge in [-0.05, 0) is 51.2 Å². The van der Waals surface area contributed by atoms with Gasteiger partial charge in [-0.15, -0.1) is 0 Å². The van der Waals surface area contributed by atoms with E-state index >= 15 is 0 Å². The van der Waals surface area contributed by atoms with Gasteiger partial charge in [0.25, 0.3) is 5.91 Å². The normalized spacial score (nSPS) is 20.3. The molecule has 0 aromatic carbocycles. The summed E-state index contributed by atoms with van der Waals surface area (Å²) in [5.41, 5.74) is 1.41. The monoisotopic (exact) mass is 354 g/mol. The zero-order chi connectivity index (χ0) is 18.1. The van der Waals surface area contributed by atoms with Gasteiger partial charge in [0.05, 0.1) is 5.52 Å². The van der Waals surface area contributed by atoms with Gasteiger partial charge in [0.1, 0.15) is 5.82 Å². The summed E-state index contributed by atoms with van der Waals surface area (Å²) in [4.78, 5) is 32.0. The van der Waals surface area contributed by atoms with Crippen LogP contribution in [0.3, 0.4) is 0 Å². The maximum absolute atomic E-state index is 13.3. The average Bonchev–Trinajstić information content (AvgIpc) is 3.42. The van der Waals surface area contributed by atoms with Gasteiger partial charge in [0.2, 0.25) is 5.91 Å². The van der Waals surface area contributed by atoms with E-state index in [0.717, 1.165) is 43.4 Å². The van der Waals surface area contributed by atoms with E-state index < -0.39 is 0 Å². The lowest BCUT2D eigenvalue weighted by atomic mass is 9.98. The SMILES string of the molecule is CCNC(=O)CC1CCCCN1C(=O)c1nc(C2CC2)n2ccccc12. The molecule has 2 aromatic heterocycles. The zero-order valence-corrected chi connectivity index (χ0v) is 15.3. The molecule has 1 atom stereocenters. The van der Waals surface area contributed by atoms with Gasteiger partial charge in [-0.1, -0.05) is 6.07 Å². The molecule has 2 amide bonds. The standard InChI is InChI=1S/C20H26N4O2/c1-2-21-17(25)13-15-7-3-5-11-23(15)20(26)18-16-8-4-6-12-24(16)19(22-18)14-9-10-14/h4,6,8,12,14-15H,2-3,5,7,9-11,13H2,1H3,(H,21,25). The van der Waals surface area contributed by atoms with E-state index in [0.29, 0.717) is 31.1 Å². The maximum atomic E-state index is 13.3. The molecule has 0 bridgehead atoms. The number of pyridine rings is 1. The summed E-state index contributed by atoms with van der Waals surface area (Å²) in [6.07, 6.45) is 7.58. The highest BCUT2D eigenvalue weighted by Crippen LogP contribution is 2.40. The van der Waals surface area contributed by atoms with Crippen LogP contribution < -0.4 is 5.32 Å². The van der Waals surface area contributed by atoms with Crippen molar-refractivity contribution in [3.05, 3.63) is 35.9 Å². The molecule has 1 aliphatic heterocycles. The Morgan fingerprint density at radius 3 is 2.85 bits per heavy atom. The lowest BCUT2D eigenvalue weighted by Gasteiger charge is -2.35. The first kappa shape index (κ1) is 17.1. The molecule has 3 heterocycles. The van der Waals surface area contributed by atoms with Crippen molar-refractivity contribution >= 4 is 17.3 Å². The third-order valence-corrected chi connectivity index (χ3v) is 5.40. The number of fused-ring (bicyclic) bond motifs is 1. The number of amides is 2. The molecule has 1 saturated carbocycles. The van der Waals surface area contributed by atoms with E-state index in [2.05, 4.69) is 9.72 Å². The van der Waals surface area contributed by atoms with Crippen molar-refractivity contribution in [2.24, 2.45) is 0 Å². The van der Waals surface area contributed by atoms with Gasteiger partial charge in [0.15, 0.2) is 5.69 Å². The molecule has 1 N–H and O–H groups in total. The summed E-state index contributed by atoms with van der Waals surface area (Å²) in [6, 6.07) is 5.86. The first-order valence-corrected chi connectivity index (χ1v) is 9.73. The van der Waals surface area contributed by atoms with Crippen molar-refractivity contribution in [1.82, 2.24) is 19.6 Å². The molecule has 138 valence electrons. The van der Waals surface area contributed by atoms with Crippen LogP contribution >= 0.6 is 0 Å². The molecule has 1 saturated heterocycles. The lowest BCUT2D eigenvalue weighted by Crippen LogP contribution is -2.46. The van der Waals surface area contributed by atoms with Crippen molar-refractivity contribution in [3.63, 3.8) is 0 Å². The zero-order valence-electron chi connectivity index (χ0n) is 15.3. The predicted molar refractivity (Wildman–Crippen MR) is 99.1 cm³/mol. The van der Waals surface area contributed by atoms with Crippen LogP contribution in [0.1, 0.15) is 67.7 Å². The summed E-state index contributed by atoms with van der Waals surface area (Å²) >= 11 is 0. The molecule has 1 unspecified atom stereocenters. The molecular weight excluding hydrogens is 328 g/mol. The Labute approximate surface area is 153 Å². The molecule has 0 radical (unpaired) electrons. The van der Waals surface area contributed by atoms with E-state index in [1.807, 2.05) is 36.2 Å². The second-order valence-electron chi connectivity index (χ2n) is 7.35. The van der Waals surface area contributed by atoms with Crippen LogP contribution in [0.25, 0.3) is 5.52 Å². The van der Waals surface area contributed by atoms with E-state index in [1.165, 1.54) is 0 Å². The highest BCUT2D eigenvalue weighted by molar-refractivity contribution is 5.99. The molecule has 6 nitrogen and oxygen atoms in total. The Kier molecular flexibility index (Phi) is 4.66. The number of hydrogen-bond acceptors (Lipinski definition) is 3. The molecule has 6 heteroatoms. The van der Waals surface area contributed by atoms with Gasteiger partial charge in [-0.2, -0.15) is 0 Å². The number of likely N-dealkylation sites (tertiary alicyclic amines) is 1. The van der Waals surface area contributed by atoms with Gasteiger partial charge in [-0.25, -0.2) is 4.98 Å². The molecule has 2 fully saturated rings. The highest BCUT2D eigenvalue weighted by Gasteiger charge is 2.34. The number of piperidine rings is 1. The molecule has 2 aliphatic rings. The minimum atomic E-state index is -0.0346. The van der Waals surface area contributed by atoms with Crippen molar-refractivity contribution in [2.45, 2.75) is 57.4 Å². The molecule has 2 aromatic rings. The predicted octanol–water partition coefficient (Wildman–Crippen LogP) is 2.73. The fraction of sp³-hybridized carbons (Fsp3) is 0.550. The Hall–Kier alpha value is -2.37. The molecule has 0 spiro atoms. The second-order valence-corrected chi connectivity index (χ2v) is 7.35. The smallest absolute Gasteiger partial charge is 0.274 e. The van der Waals surface area contributed by atoms with Crippen molar-refractivity contribution in [1.29, 1.82) is 0 Å². The fourth-order valence-corrected chi connectivity index (χ4v) is 3.95. The summed E-state index contributed by atoms with van der Waals surface area (Å²) < 4.78 is 2.06. The largest absolute Gasteiger partial charge is 0.356 e. The minimum Gasteiger partial charge on any atom is -0.356 e. The number of hydrogen-bond donors (Lipinski definition) is 1. The molecule has 26 heavy (non-hydrogen) atoms. The Morgan fingerprint density at radius 2 is 2.08 bits per heavy atom. The lowest BCUT2D eigenvalue weighted by molar-refractivity contribution is -0.122. The number of nitrogens with zero attached hydrogens (tertiary/aromatic N) is 3. The van der Waals surface area contributed by atoms with E-state index in [9.17, 15) is 9.59 Å². The maximum Gasteiger partial charge on any atom is 0.274 e. The number of aromatic nitrogens is 2. The second kappa shape index (κ2) is 7.09. The quantitative estimate of drug-likeness (QED) is 0.898. The number of rotatable bonds is 5. The first-order valence-electron chi connectivity index (χ1n) is 9.73. The first-order chi connectivity index (χ1) is 12.7. The minimum absolute atomic E-state index is 0.0190. The number of imidazole rings is 1. The highest BCUT2D eigenvalue weighted by atomic mass is 16.2. The van der Waals surface area contributed by atoms with Crippen molar-refractivity contribution in [2.75, 3.05) is 13.1 Å². The fourth-order valence-electron chi connectivity index (χ4n) is 3.95. The van der Waals surface area contributed by atoms with E-state index in [4.69, 9.17) is 4.98 Å². The Morgan fingerprint density at radius 1 is 1.23 bits per heavy atom. The van der Waals surface area contributed by atoms with E-state index in [-0.39, 0.29) is 17.9 Å². The number of carbonyl (C=O) groups excluding carboxylic acids is 2. The van der Waals surface area contributed by atoms with Crippen LogP contribution in [0.5, 0.6) is 0 Å².